The minimum absolute atomic E-state index is 0.0116. The number of carbonyl (C=O) groups excluding carboxylic acids is 1. The molecule has 0 fully saturated rings. The van der Waals surface area contributed by atoms with E-state index in [0.29, 0.717) is 11.1 Å². The van der Waals surface area contributed by atoms with Crippen molar-refractivity contribution in [2.75, 3.05) is 7.11 Å². The molecule has 0 aromatic heterocycles. The molecule has 1 aliphatic rings. The summed E-state index contributed by atoms with van der Waals surface area (Å²) < 4.78 is 31.1. The van der Waals surface area contributed by atoms with E-state index < -0.39 is 11.7 Å². The SMILES string of the molecule is COC1(F)C=CC(C(=O)c2ccc(F)cc2)=CC1. The molecule has 94 valence electrons. The van der Waals surface area contributed by atoms with E-state index in [4.69, 9.17) is 0 Å². The molecule has 18 heavy (non-hydrogen) atoms. The first-order valence-corrected chi connectivity index (χ1v) is 5.48. The smallest absolute Gasteiger partial charge is 0.232 e. The number of hydrogen-bond donors (Lipinski definition) is 0. The Kier molecular flexibility index (Phi) is 3.39. The largest absolute Gasteiger partial charge is 0.346 e. The molecule has 0 bridgehead atoms. The summed E-state index contributed by atoms with van der Waals surface area (Å²) in [7, 11) is 1.27. The first-order chi connectivity index (χ1) is 8.54. The van der Waals surface area contributed by atoms with E-state index in [0.717, 1.165) is 0 Å². The summed E-state index contributed by atoms with van der Waals surface area (Å²) in [6.45, 7) is 0. The molecule has 0 heterocycles. The third-order valence-corrected chi connectivity index (χ3v) is 2.82. The third-order valence-electron chi connectivity index (χ3n) is 2.82. The predicted octanol–water partition coefficient (Wildman–Crippen LogP) is 3.21. The van der Waals surface area contributed by atoms with E-state index >= 15 is 0 Å². The molecule has 1 aromatic rings. The first kappa shape index (κ1) is 12.6. The average Bonchev–Trinajstić information content (AvgIpc) is 2.40. The van der Waals surface area contributed by atoms with E-state index in [9.17, 15) is 13.6 Å². The molecule has 2 nitrogen and oxygen atoms in total. The number of ketones is 1. The Labute approximate surface area is 104 Å². The van der Waals surface area contributed by atoms with Gasteiger partial charge in [-0.15, -0.1) is 0 Å². The Hall–Kier alpha value is -1.81. The highest BCUT2D eigenvalue weighted by molar-refractivity contribution is 6.10. The van der Waals surface area contributed by atoms with Gasteiger partial charge in [-0.3, -0.25) is 4.79 Å². The zero-order chi connectivity index (χ0) is 13.2. The van der Waals surface area contributed by atoms with Crippen LogP contribution in [0.2, 0.25) is 0 Å². The van der Waals surface area contributed by atoms with Crippen molar-refractivity contribution in [3.63, 3.8) is 0 Å². The molecular weight excluding hydrogens is 238 g/mol. The van der Waals surface area contributed by atoms with E-state index in [2.05, 4.69) is 4.74 Å². The van der Waals surface area contributed by atoms with Crippen LogP contribution in [0.5, 0.6) is 0 Å². The Morgan fingerprint density at radius 2 is 2.00 bits per heavy atom. The number of methoxy groups -OCH3 is 1. The number of carbonyl (C=O) groups is 1. The lowest BCUT2D eigenvalue weighted by Crippen LogP contribution is -2.24. The predicted molar refractivity (Wildman–Crippen MR) is 63.4 cm³/mol. The third kappa shape index (κ3) is 2.54. The topological polar surface area (TPSA) is 26.3 Å². The molecule has 4 heteroatoms. The minimum atomic E-state index is -1.84. The lowest BCUT2D eigenvalue weighted by atomic mass is 9.96. The van der Waals surface area contributed by atoms with Crippen molar-refractivity contribution >= 4 is 5.78 Å². The van der Waals surface area contributed by atoms with Gasteiger partial charge in [-0.05, 0) is 36.4 Å². The van der Waals surface area contributed by atoms with Crippen molar-refractivity contribution in [3.8, 4) is 0 Å². The highest BCUT2D eigenvalue weighted by Crippen LogP contribution is 2.27. The van der Waals surface area contributed by atoms with Gasteiger partial charge < -0.3 is 4.74 Å². The average molecular weight is 250 g/mol. The van der Waals surface area contributed by atoms with Crippen LogP contribution in [0.3, 0.4) is 0 Å². The molecule has 0 N–H and O–H groups in total. The molecule has 0 radical (unpaired) electrons. The number of Topliss-reactive ketones (excluding diaryl/α,β-unsaturated/α-hetero) is 1. The van der Waals surface area contributed by atoms with E-state index in [-0.39, 0.29) is 12.2 Å². The van der Waals surface area contributed by atoms with Crippen LogP contribution in [-0.2, 0) is 4.74 Å². The first-order valence-electron chi connectivity index (χ1n) is 5.48. The van der Waals surface area contributed by atoms with Gasteiger partial charge >= 0.3 is 0 Å². The lowest BCUT2D eigenvalue weighted by molar-refractivity contribution is -0.0768. The van der Waals surface area contributed by atoms with Gasteiger partial charge in [-0.25, -0.2) is 8.78 Å². The second-order valence-corrected chi connectivity index (χ2v) is 4.02. The summed E-state index contributed by atoms with van der Waals surface area (Å²) in [5.74, 6) is -2.50. The van der Waals surface area contributed by atoms with Crippen LogP contribution in [0.25, 0.3) is 0 Å². The zero-order valence-corrected chi connectivity index (χ0v) is 9.82. The molecule has 1 aromatic carbocycles. The van der Waals surface area contributed by atoms with E-state index in [1.807, 2.05) is 0 Å². The molecule has 0 saturated heterocycles. The highest BCUT2D eigenvalue weighted by atomic mass is 19.2. The van der Waals surface area contributed by atoms with Crippen LogP contribution in [0.15, 0.2) is 48.1 Å². The van der Waals surface area contributed by atoms with Crippen molar-refractivity contribution in [3.05, 3.63) is 59.4 Å². The normalized spacial score (nSPS) is 22.7. The molecule has 2 rings (SSSR count). The Balaban J connectivity index is 2.17. The number of rotatable bonds is 3. The zero-order valence-electron chi connectivity index (χ0n) is 9.82. The van der Waals surface area contributed by atoms with Gasteiger partial charge in [0.1, 0.15) is 5.82 Å². The molecule has 1 atom stereocenters. The van der Waals surface area contributed by atoms with Gasteiger partial charge in [-0.2, -0.15) is 0 Å². The maximum Gasteiger partial charge on any atom is 0.232 e. The van der Waals surface area contributed by atoms with Crippen LogP contribution >= 0.6 is 0 Å². The van der Waals surface area contributed by atoms with Gasteiger partial charge in [0.05, 0.1) is 0 Å². The molecular formula is C14H12F2O2. The lowest BCUT2D eigenvalue weighted by Gasteiger charge is -2.21. The molecule has 0 spiro atoms. The Bertz CT molecular complexity index is 517. The van der Waals surface area contributed by atoms with Gasteiger partial charge in [-0.1, -0.05) is 6.08 Å². The van der Waals surface area contributed by atoms with Crippen molar-refractivity contribution in [1.82, 2.24) is 0 Å². The van der Waals surface area contributed by atoms with E-state index in [1.165, 1.54) is 49.6 Å². The second-order valence-electron chi connectivity index (χ2n) is 4.02. The summed E-state index contributed by atoms with van der Waals surface area (Å²) in [6, 6.07) is 5.24. The fourth-order valence-electron chi connectivity index (χ4n) is 1.69. The van der Waals surface area contributed by atoms with Crippen LogP contribution in [0, 0.1) is 5.82 Å². The molecule has 0 aliphatic heterocycles. The number of benzene rings is 1. The van der Waals surface area contributed by atoms with Crippen LogP contribution in [0.4, 0.5) is 8.78 Å². The Morgan fingerprint density at radius 3 is 2.50 bits per heavy atom. The van der Waals surface area contributed by atoms with Crippen molar-refractivity contribution in [1.29, 1.82) is 0 Å². The van der Waals surface area contributed by atoms with Crippen LogP contribution < -0.4 is 0 Å². The summed E-state index contributed by atoms with van der Waals surface area (Å²) in [5, 5.41) is 0. The number of ether oxygens (including phenoxy) is 1. The summed E-state index contributed by atoms with van der Waals surface area (Å²) in [4.78, 5) is 12.0. The molecule has 1 unspecified atom stereocenters. The second kappa shape index (κ2) is 4.82. The summed E-state index contributed by atoms with van der Waals surface area (Å²) in [5.41, 5.74) is 0.753. The minimum Gasteiger partial charge on any atom is -0.346 e. The number of allylic oxidation sites excluding steroid dienone is 2. The Morgan fingerprint density at radius 1 is 1.33 bits per heavy atom. The van der Waals surface area contributed by atoms with Crippen molar-refractivity contribution in [2.45, 2.75) is 12.3 Å². The maximum atomic E-state index is 13.7. The molecule has 1 aliphatic carbocycles. The number of hydrogen-bond acceptors (Lipinski definition) is 2. The van der Waals surface area contributed by atoms with Gasteiger partial charge in [0, 0.05) is 24.7 Å². The van der Waals surface area contributed by atoms with Crippen molar-refractivity contribution in [2.24, 2.45) is 0 Å². The molecule has 0 amide bonds. The standard InChI is InChI=1S/C14H12F2O2/c1-18-14(16)8-6-11(7-9-14)13(17)10-2-4-12(15)5-3-10/h2-8H,9H2,1H3. The quantitative estimate of drug-likeness (QED) is 0.770. The number of halogens is 2. The highest BCUT2D eigenvalue weighted by Gasteiger charge is 2.28. The molecule has 0 saturated carbocycles. The monoisotopic (exact) mass is 250 g/mol. The van der Waals surface area contributed by atoms with Crippen LogP contribution in [-0.4, -0.2) is 18.7 Å². The van der Waals surface area contributed by atoms with Gasteiger partial charge in [0.25, 0.3) is 0 Å². The number of alkyl halides is 1. The van der Waals surface area contributed by atoms with Crippen molar-refractivity contribution < 1.29 is 18.3 Å². The fourth-order valence-corrected chi connectivity index (χ4v) is 1.69. The van der Waals surface area contributed by atoms with Gasteiger partial charge in [0.2, 0.25) is 5.85 Å². The van der Waals surface area contributed by atoms with Crippen LogP contribution in [0.1, 0.15) is 16.8 Å². The summed E-state index contributed by atoms with van der Waals surface area (Å²) in [6.07, 6.45) is 4.07. The fraction of sp³-hybridized carbons (Fsp3) is 0.214. The van der Waals surface area contributed by atoms with E-state index in [1.54, 1.807) is 0 Å². The van der Waals surface area contributed by atoms with Gasteiger partial charge in [0.15, 0.2) is 5.78 Å². The maximum absolute atomic E-state index is 13.7. The summed E-state index contributed by atoms with van der Waals surface area (Å²) >= 11 is 0.